The van der Waals surface area contributed by atoms with E-state index < -0.39 is 0 Å². The molecule has 1 fully saturated rings. The number of hydrogen-bond donors (Lipinski definition) is 4. The topological polar surface area (TPSA) is 62.1 Å². The van der Waals surface area contributed by atoms with Crippen molar-refractivity contribution >= 4 is 0 Å². The maximum Gasteiger partial charge on any atom is 0.00482 e. The summed E-state index contributed by atoms with van der Waals surface area (Å²) in [5, 5.41) is 10.5. The van der Waals surface area contributed by atoms with E-state index in [1.807, 2.05) is 0 Å². The van der Waals surface area contributed by atoms with E-state index in [1.165, 1.54) is 25.9 Å². The zero-order chi connectivity index (χ0) is 13.9. The molecule has 19 heavy (non-hydrogen) atoms. The summed E-state index contributed by atoms with van der Waals surface area (Å²) < 4.78 is 0. The van der Waals surface area contributed by atoms with Gasteiger partial charge in [0.15, 0.2) is 0 Å². The average molecular weight is 270 g/mol. The van der Waals surface area contributed by atoms with Crippen LogP contribution in [0.2, 0.25) is 0 Å². The standard InChI is InChI=1S/C15H34N4/c1-3-15(16)6-9-19-12-14-10-13(14)11-18-8-5-7-17-4-2/h13-15,17-19H,3-12,16H2,1-2H3/t13-,14-,15?/m0/s1. The smallest absolute Gasteiger partial charge is 0.00482 e. The Morgan fingerprint density at radius 1 is 1.00 bits per heavy atom. The van der Waals surface area contributed by atoms with Crippen LogP contribution in [0.1, 0.15) is 39.5 Å². The van der Waals surface area contributed by atoms with Gasteiger partial charge in [-0.3, -0.25) is 0 Å². The number of nitrogens with two attached hydrogens (primary N) is 1. The molecule has 1 aliphatic rings. The van der Waals surface area contributed by atoms with Crippen molar-refractivity contribution in [3.63, 3.8) is 0 Å². The SMILES string of the molecule is CCNCCCNC[C@@H]1C[C@H]1CNCCC(N)CC. The van der Waals surface area contributed by atoms with Crippen molar-refractivity contribution in [2.24, 2.45) is 17.6 Å². The van der Waals surface area contributed by atoms with E-state index in [-0.39, 0.29) is 0 Å². The molecule has 0 heterocycles. The van der Waals surface area contributed by atoms with Crippen molar-refractivity contribution in [3.8, 4) is 0 Å². The lowest BCUT2D eigenvalue weighted by Crippen LogP contribution is -2.28. The van der Waals surface area contributed by atoms with Crippen molar-refractivity contribution in [2.75, 3.05) is 39.3 Å². The van der Waals surface area contributed by atoms with E-state index in [0.717, 1.165) is 50.9 Å². The zero-order valence-electron chi connectivity index (χ0n) is 12.9. The predicted molar refractivity (Wildman–Crippen MR) is 83.4 cm³/mol. The Morgan fingerprint density at radius 3 is 2.26 bits per heavy atom. The van der Waals surface area contributed by atoms with Gasteiger partial charge in [-0.05, 0) is 76.8 Å². The summed E-state index contributed by atoms with van der Waals surface area (Å²) in [4.78, 5) is 0. The first-order chi connectivity index (χ1) is 9.27. The van der Waals surface area contributed by atoms with E-state index in [1.54, 1.807) is 0 Å². The Morgan fingerprint density at radius 2 is 1.63 bits per heavy atom. The summed E-state index contributed by atoms with van der Waals surface area (Å²) in [7, 11) is 0. The molecular formula is C15H34N4. The van der Waals surface area contributed by atoms with Crippen molar-refractivity contribution in [3.05, 3.63) is 0 Å². The molecule has 0 aromatic heterocycles. The van der Waals surface area contributed by atoms with Crippen LogP contribution in [0.15, 0.2) is 0 Å². The lowest BCUT2D eigenvalue weighted by Gasteiger charge is -2.09. The van der Waals surface area contributed by atoms with Crippen molar-refractivity contribution in [2.45, 2.75) is 45.6 Å². The van der Waals surface area contributed by atoms with Crippen LogP contribution in [0.5, 0.6) is 0 Å². The molecular weight excluding hydrogens is 236 g/mol. The first kappa shape index (κ1) is 16.9. The van der Waals surface area contributed by atoms with Gasteiger partial charge in [-0.25, -0.2) is 0 Å². The molecule has 0 aliphatic heterocycles. The lowest BCUT2D eigenvalue weighted by atomic mass is 10.2. The van der Waals surface area contributed by atoms with Gasteiger partial charge < -0.3 is 21.7 Å². The van der Waals surface area contributed by atoms with Crippen molar-refractivity contribution in [1.29, 1.82) is 0 Å². The van der Waals surface area contributed by atoms with Gasteiger partial charge in [-0.15, -0.1) is 0 Å². The minimum Gasteiger partial charge on any atom is -0.328 e. The summed E-state index contributed by atoms with van der Waals surface area (Å²) in [5.74, 6) is 1.81. The Hall–Kier alpha value is -0.160. The van der Waals surface area contributed by atoms with Crippen molar-refractivity contribution in [1.82, 2.24) is 16.0 Å². The van der Waals surface area contributed by atoms with Crippen LogP contribution in [0.25, 0.3) is 0 Å². The second-order valence-electron chi connectivity index (χ2n) is 5.83. The monoisotopic (exact) mass is 270 g/mol. The van der Waals surface area contributed by atoms with E-state index in [4.69, 9.17) is 5.73 Å². The second kappa shape index (κ2) is 10.6. The Balaban J connectivity index is 1.81. The first-order valence-electron chi connectivity index (χ1n) is 8.15. The van der Waals surface area contributed by atoms with Gasteiger partial charge in [0, 0.05) is 6.04 Å². The predicted octanol–water partition coefficient (Wildman–Crippen LogP) is 0.929. The quantitative estimate of drug-likeness (QED) is 0.376. The molecule has 0 amide bonds. The molecule has 3 atom stereocenters. The molecule has 0 radical (unpaired) electrons. The highest BCUT2D eigenvalue weighted by molar-refractivity contribution is 4.89. The first-order valence-corrected chi connectivity index (χ1v) is 8.15. The Labute approximate surface area is 119 Å². The average Bonchev–Trinajstić information content (AvgIpc) is 3.17. The van der Waals surface area contributed by atoms with Gasteiger partial charge in [-0.1, -0.05) is 13.8 Å². The van der Waals surface area contributed by atoms with Gasteiger partial charge in [0.1, 0.15) is 0 Å². The summed E-state index contributed by atoms with van der Waals surface area (Å²) in [6.45, 7) is 11.1. The lowest BCUT2D eigenvalue weighted by molar-refractivity contribution is 0.516. The summed E-state index contributed by atoms with van der Waals surface area (Å²) >= 11 is 0. The summed E-state index contributed by atoms with van der Waals surface area (Å²) in [6.07, 6.45) is 4.83. The maximum atomic E-state index is 5.89. The molecule has 0 aromatic carbocycles. The molecule has 4 nitrogen and oxygen atoms in total. The highest BCUT2D eigenvalue weighted by Crippen LogP contribution is 2.36. The highest BCUT2D eigenvalue weighted by Gasteiger charge is 2.35. The normalized spacial score (nSPS) is 23.5. The third-order valence-corrected chi connectivity index (χ3v) is 4.06. The van der Waals surface area contributed by atoms with Crippen LogP contribution in [-0.4, -0.2) is 45.3 Å². The van der Waals surface area contributed by atoms with E-state index in [9.17, 15) is 0 Å². The van der Waals surface area contributed by atoms with Crippen LogP contribution in [0, 0.1) is 11.8 Å². The fraction of sp³-hybridized carbons (Fsp3) is 1.00. The zero-order valence-corrected chi connectivity index (χ0v) is 12.9. The molecule has 1 rings (SSSR count). The molecule has 0 aromatic rings. The van der Waals surface area contributed by atoms with Crippen LogP contribution in [0.4, 0.5) is 0 Å². The van der Waals surface area contributed by atoms with Gasteiger partial charge >= 0.3 is 0 Å². The van der Waals surface area contributed by atoms with Gasteiger partial charge in [0.25, 0.3) is 0 Å². The van der Waals surface area contributed by atoms with Crippen LogP contribution in [-0.2, 0) is 0 Å². The minimum absolute atomic E-state index is 0.376. The molecule has 0 bridgehead atoms. The highest BCUT2D eigenvalue weighted by atomic mass is 14.9. The Bertz CT molecular complexity index is 210. The maximum absolute atomic E-state index is 5.89. The molecule has 5 N–H and O–H groups in total. The molecule has 1 aliphatic carbocycles. The van der Waals surface area contributed by atoms with E-state index in [2.05, 4.69) is 29.8 Å². The fourth-order valence-electron chi connectivity index (χ4n) is 2.39. The van der Waals surface area contributed by atoms with Gasteiger partial charge in [0.05, 0.1) is 0 Å². The number of hydrogen-bond acceptors (Lipinski definition) is 4. The third kappa shape index (κ3) is 8.58. The van der Waals surface area contributed by atoms with E-state index in [0.29, 0.717) is 6.04 Å². The molecule has 0 saturated heterocycles. The van der Waals surface area contributed by atoms with Gasteiger partial charge in [-0.2, -0.15) is 0 Å². The van der Waals surface area contributed by atoms with Gasteiger partial charge in [0.2, 0.25) is 0 Å². The van der Waals surface area contributed by atoms with Crippen LogP contribution < -0.4 is 21.7 Å². The molecule has 0 spiro atoms. The van der Waals surface area contributed by atoms with Crippen LogP contribution in [0.3, 0.4) is 0 Å². The molecule has 1 unspecified atom stereocenters. The van der Waals surface area contributed by atoms with E-state index >= 15 is 0 Å². The molecule has 4 heteroatoms. The fourth-order valence-corrected chi connectivity index (χ4v) is 2.39. The number of rotatable bonds is 13. The number of nitrogens with one attached hydrogen (secondary N) is 3. The minimum atomic E-state index is 0.376. The van der Waals surface area contributed by atoms with Crippen LogP contribution >= 0.6 is 0 Å². The molecule has 114 valence electrons. The second-order valence-corrected chi connectivity index (χ2v) is 5.83. The summed E-state index contributed by atoms with van der Waals surface area (Å²) in [5.41, 5.74) is 5.89. The summed E-state index contributed by atoms with van der Waals surface area (Å²) in [6, 6.07) is 0.376. The van der Waals surface area contributed by atoms with Crippen molar-refractivity contribution < 1.29 is 0 Å². The Kier molecular flexibility index (Phi) is 9.43. The third-order valence-electron chi connectivity index (χ3n) is 4.06. The largest absolute Gasteiger partial charge is 0.328 e. The molecule has 1 saturated carbocycles.